The largest absolute Gasteiger partial charge is 0.365 e. The summed E-state index contributed by atoms with van der Waals surface area (Å²) in [4.78, 5) is 8.57. The van der Waals surface area contributed by atoms with E-state index in [0.717, 1.165) is 23.4 Å². The Morgan fingerprint density at radius 1 is 1.17 bits per heavy atom. The lowest BCUT2D eigenvalue weighted by molar-refractivity contribution is 1.04. The molecule has 18 heavy (non-hydrogen) atoms. The summed E-state index contributed by atoms with van der Waals surface area (Å²) in [5, 5.41) is 6.38. The monoisotopic (exact) mass is 306 g/mol. The Bertz CT molecular complexity index is 502. The van der Waals surface area contributed by atoms with Crippen LogP contribution in [0.25, 0.3) is 0 Å². The van der Waals surface area contributed by atoms with Crippen LogP contribution in [0.15, 0.2) is 41.0 Å². The molecule has 0 atom stereocenters. The van der Waals surface area contributed by atoms with Crippen LogP contribution in [0, 0.1) is 0 Å². The minimum atomic E-state index is 0.635. The van der Waals surface area contributed by atoms with Gasteiger partial charge in [0.2, 0.25) is 5.95 Å². The maximum Gasteiger partial charge on any atom is 0.224 e. The Hall–Kier alpha value is -1.62. The second-order valence-corrected chi connectivity index (χ2v) is 4.61. The molecule has 1 heterocycles. The topological polar surface area (TPSA) is 49.8 Å². The molecule has 1 aromatic heterocycles. The third-order valence-electron chi connectivity index (χ3n) is 2.38. The summed E-state index contributed by atoms with van der Waals surface area (Å²) in [6.07, 6.45) is 1.75. The zero-order valence-electron chi connectivity index (χ0n) is 10.2. The van der Waals surface area contributed by atoms with Crippen molar-refractivity contribution in [2.24, 2.45) is 0 Å². The van der Waals surface area contributed by atoms with Crippen molar-refractivity contribution in [3.05, 3.63) is 46.6 Å². The molecule has 0 saturated heterocycles. The van der Waals surface area contributed by atoms with Crippen molar-refractivity contribution in [3.8, 4) is 0 Å². The number of nitrogens with one attached hydrogen (secondary N) is 2. The number of rotatable bonds is 5. The van der Waals surface area contributed by atoms with Crippen LogP contribution in [0.3, 0.4) is 0 Å². The van der Waals surface area contributed by atoms with Crippen LogP contribution in [0.2, 0.25) is 0 Å². The van der Waals surface area contributed by atoms with Gasteiger partial charge in [-0.25, -0.2) is 4.98 Å². The number of benzene rings is 1. The minimum absolute atomic E-state index is 0.635. The van der Waals surface area contributed by atoms with E-state index in [1.807, 2.05) is 25.1 Å². The zero-order valence-corrected chi connectivity index (χ0v) is 11.7. The lowest BCUT2D eigenvalue weighted by atomic mass is 10.2. The van der Waals surface area contributed by atoms with Gasteiger partial charge in [0.1, 0.15) is 5.82 Å². The first-order valence-electron chi connectivity index (χ1n) is 5.84. The highest BCUT2D eigenvalue weighted by molar-refractivity contribution is 9.10. The molecule has 5 heteroatoms. The highest BCUT2D eigenvalue weighted by Crippen LogP contribution is 2.20. The van der Waals surface area contributed by atoms with Crippen molar-refractivity contribution < 1.29 is 0 Å². The van der Waals surface area contributed by atoms with E-state index in [9.17, 15) is 0 Å². The van der Waals surface area contributed by atoms with E-state index < -0.39 is 0 Å². The van der Waals surface area contributed by atoms with Crippen LogP contribution in [0.5, 0.6) is 0 Å². The average Bonchev–Trinajstić information content (AvgIpc) is 2.41. The number of halogens is 1. The predicted octanol–water partition coefficient (Wildman–Crippen LogP) is 3.28. The van der Waals surface area contributed by atoms with E-state index in [1.165, 1.54) is 5.56 Å². The summed E-state index contributed by atoms with van der Waals surface area (Å²) < 4.78 is 0.861. The van der Waals surface area contributed by atoms with E-state index in [4.69, 9.17) is 0 Å². The molecule has 0 spiro atoms. The molecule has 0 aliphatic carbocycles. The first-order valence-corrected chi connectivity index (χ1v) is 6.63. The Morgan fingerprint density at radius 3 is 2.67 bits per heavy atom. The fourth-order valence-electron chi connectivity index (χ4n) is 1.52. The molecular weight excluding hydrogens is 292 g/mol. The summed E-state index contributed by atoms with van der Waals surface area (Å²) >= 11 is 3.44. The van der Waals surface area contributed by atoms with Gasteiger partial charge in [-0.15, -0.1) is 0 Å². The van der Waals surface area contributed by atoms with Crippen LogP contribution >= 0.6 is 15.9 Å². The van der Waals surface area contributed by atoms with E-state index in [2.05, 4.69) is 48.7 Å². The molecule has 0 amide bonds. The molecule has 0 bridgehead atoms. The first kappa shape index (κ1) is 12.8. The summed E-state index contributed by atoms with van der Waals surface area (Å²) in [5.74, 6) is 1.43. The predicted molar refractivity (Wildman–Crippen MR) is 77.7 cm³/mol. The molecular formula is C13H15BrN4. The molecule has 0 radical (unpaired) electrons. The van der Waals surface area contributed by atoms with E-state index >= 15 is 0 Å². The number of anilines is 2. The summed E-state index contributed by atoms with van der Waals surface area (Å²) in [5.41, 5.74) is 1.22. The van der Waals surface area contributed by atoms with Gasteiger partial charge in [0.25, 0.3) is 0 Å². The van der Waals surface area contributed by atoms with Crippen LogP contribution in [0.4, 0.5) is 11.8 Å². The van der Waals surface area contributed by atoms with E-state index in [0.29, 0.717) is 5.95 Å². The second kappa shape index (κ2) is 6.35. The van der Waals surface area contributed by atoms with Gasteiger partial charge in [0.05, 0.1) is 4.47 Å². The number of nitrogens with zero attached hydrogens (tertiary/aromatic N) is 2. The summed E-state index contributed by atoms with van der Waals surface area (Å²) in [6, 6.07) is 10.2. The van der Waals surface area contributed by atoms with Crippen molar-refractivity contribution in [2.75, 3.05) is 17.2 Å². The minimum Gasteiger partial charge on any atom is -0.365 e. The van der Waals surface area contributed by atoms with Gasteiger partial charge in [0.15, 0.2) is 0 Å². The molecule has 2 rings (SSSR count). The van der Waals surface area contributed by atoms with Crippen LogP contribution in [-0.2, 0) is 6.54 Å². The van der Waals surface area contributed by atoms with E-state index in [1.54, 1.807) is 6.20 Å². The van der Waals surface area contributed by atoms with Crippen molar-refractivity contribution in [1.82, 2.24) is 9.97 Å². The molecule has 2 N–H and O–H groups in total. The molecule has 0 unspecified atom stereocenters. The quantitative estimate of drug-likeness (QED) is 0.890. The van der Waals surface area contributed by atoms with Gasteiger partial charge in [-0.1, -0.05) is 30.3 Å². The lowest BCUT2D eigenvalue weighted by Crippen LogP contribution is -2.07. The molecule has 0 fully saturated rings. The fourth-order valence-corrected chi connectivity index (χ4v) is 1.85. The van der Waals surface area contributed by atoms with Crippen molar-refractivity contribution in [1.29, 1.82) is 0 Å². The Labute approximate surface area is 115 Å². The molecule has 94 valence electrons. The average molecular weight is 307 g/mol. The number of hydrogen-bond donors (Lipinski definition) is 2. The van der Waals surface area contributed by atoms with Crippen LogP contribution < -0.4 is 10.6 Å². The number of aromatic nitrogens is 2. The highest BCUT2D eigenvalue weighted by atomic mass is 79.9. The zero-order chi connectivity index (χ0) is 12.8. The molecule has 1 aromatic carbocycles. The Balaban J connectivity index is 2.06. The maximum absolute atomic E-state index is 4.40. The summed E-state index contributed by atoms with van der Waals surface area (Å²) in [6.45, 7) is 3.56. The molecule has 0 aliphatic rings. The maximum atomic E-state index is 4.40. The van der Waals surface area contributed by atoms with Crippen LogP contribution in [0.1, 0.15) is 12.5 Å². The third-order valence-corrected chi connectivity index (χ3v) is 2.96. The van der Waals surface area contributed by atoms with Crippen molar-refractivity contribution in [2.45, 2.75) is 13.5 Å². The van der Waals surface area contributed by atoms with Gasteiger partial charge in [-0.2, -0.15) is 4.98 Å². The van der Waals surface area contributed by atoms with Gasteiger partial charge in [0, 0.05) is 19.3 Å². The SMILES string of the molecule is CCNc1ncc(Br)c(NCc2ccccc2)n1. The number of hydrogen-bond acceptors (Lipinski definition) is 4. The standard InChI is InChI=1S/C13H15BrN4/c1-2-15-13-17-9-11(14)12(18-13)16-8-10-6-4-3-5-7-10/h3-7,9H,2,8H2,1H3,(H2,15,16,17,18). The highest BCUT2D eigenvalue weighted by Gasteiger charge is 2.04. The van der Waals surface area contributed by atoms with Crippen molar-refractivity contribution >= 4 is 27.7 Å². The van der Waals surface area contributed by atoms with Gasteiger partial charge in [-0.05, 0) is 28.4 Å². The smallest absolute Gasteiger partial charge is 0.224 e. The Morgan fingerprint density at radius 2 is 1.94 bits per heavy atom. The normalized spacial score (nSPS) is 10.1. The third kappa shape index (κ3) is 3.43. The fraction of sp³-hybridized carbons (Fsp3) is 0.231. The first-order chi connectivity index (χ1) is 8.79. The van der Waals surface area contributed by atoms with Crippen molar-refractivity contribution in [3.63, 3.8) is 0 Å². The van der Waals surface area contributed by atoms with Gasteiger partial charge in [-0.3, -0.25) is 0 Å². The molecule has 0 aliphatic heterocycles. The molecule has 2 aromatic rings. The lowest BCUT2D eigenvalue weighted by Gasteiger charge is -2.09. The Kier molecular flexibility index (Phi) is 4.52. The van der Waals surface area contributed by atoms with Gasteiger partial charge >= 0.3 is 0 Å². The molecule has 4 nitrogen and oxygen atoms in total. The van der Waals surface area contributed by atoms with E-state index in [-0.39, 0.29) is 0 Å². The van der Waals surface area contributed by atoms with Gasteiger partial charge < -0.3 is 10.6 Å². The second-order valence-electron chi connectivity index (χ2n) is 3.76. The summed E-state index contributed by atoms with van der Waals surface area (Å²) in [7, 11) is 0. The van der Waals surface area contributed by atoms with Crippen LogP contribution in [-0.4, -0.2) is 16.5 Å². The molecule has 0 saturated carbocycles.